The molecule has 206 valence electrons. The number of aromatic nitrogens is 2. The van der Waals surface area contributed by atoms with Gasteiger partial charge in [-0.1, -0.05) is 12.8 Å². The second kappa shape index (κ2) is 10.9. The number of nitrogens with one attached hydrogen (secondary N) is 3. The molecular weight excluding hydrogens is 494 g/mol. The van der Waals surface area contributed by atoms with Crippen LogP contribution < -0.4 is 25.6 Å². The molecule has 1 atom stereocenters. The van der Waals surface area contributed by atoms with E-state index in [1.54, 1.807) is 13.1 Å². The number of anilines is 4. The topological polar surface area (TPSA) is 112 Å². The minimum Gasteiger partial charge on any atom is -0.489 e. The summed E-state index contributed by atoms with van der Waals surface area (Å²) in [6.07, 6.45) is 6.78. The quantitative estimate of drug-likeness (QED) is 0.203. The van der Waals surface area contributed by atoms with Gasteiger partial charge < -0.3 is 25.6 Å². The number of piperazine rings is 1. The van der Waals surface area contributed by atoms with Gasteiger partial charge in [-0.2, -0.15) is 4.98 Å². The largest absolute Gasteiger partial charge is 0.489 e. The van der Waals surface area contributed by atoms with Gasteiger partial charge in [-0.15, -0.1) is 0 Å². The zero-order valence-electron chi connectivity index (χ0n) is 22.7. The summed E-state index contributed by atoms with van der Waals surface area (Å²) in [6.45, 7) is 9.13. The third-order valence-corrected chi connectivity index (χ3v) is 8.54. The molecule has 0 bridgehead atoms. The average molecular weight is 532 g/mol. The Kier molecular flexibility index (Phi) is 7.22. The van der Waals surface area contributed by atoms with E-state index in [9.17, 15) is 9.59 Å². The molecule has 10 nitrogen and oxygen atoms in total. The standard InChI is InChI=1S/C29H37N7O3/c1-18(25(16-37)19(2)38)24-14-31-29(34-28(24)32-20-5-3-4-6-20)33-21-7-8-26-27(11-21)39-17-23-15-35(9-10-36(23)26)22-12-30-13-22/h7-8,11,14,16,20,22-23,30H,3-6,9-10,12-13,15,17H2,1-2H3,(H2,31,32,33,34)/b25-18+/t23-/m0/s1. The highest BCUT2D eigenvalue weighted by atomic mass is 16.5. The molecule has 0 amide bonds. The van der Waals surface area contributed by atoms with Crippen LogP contribution in [0.2, 0.25) is 0 Å². The summed E-state index contributed by atoms with van der Waals surface area (Å²) in [5.74, 6) is 1.68. The summed E-state index contributed by atoms with van der Waals surface area (Å²) in [7, 11) is 0. The summed E-state index contributed by atoms with van der Waals surface area (Å²) in [5.41, 5.74) is 3.37. The number of nitrogens with zero attached hydrogens (tertiary/aromatic N) is 4. The van der Waals surface area contributed by atoms with Crippen molar-refractivity contribution in [1.82, 2.24) is 20.2 Å². The first-order valence-electron chi connectivity index (χ1n) is 14.1. The average Bonchev–Trinajstić information content (AvgIpc) is 3.41. The highest BCUT2D eigenvalue weighted by Gasteiger charge is 2.36. The fourth-order valence-electron chi connectivity index (χ4n) is 6.13. The Balaban J connectivity index is 1.22. The normalized spacial score (nSPS) is 22.2. The van der Waals surface area contributed by atoms with Crippen molar-refractivity contribution in [2.75, 3.05) is 54.9 Å². The molecule has 2 saturated heterocycles. The highest BCUT2D eigenvalue weighted by molar-refractivity contribution is 6.17. The Morgan fingerprint density at radius 3 is 2.69 bits per heavy atom. The summed E-state index contributed by atoms with van der Waals surface area (Å²) < 4.78 is 6.23. The number of rotatable bonds is 8. The molecule has 0 unspecified atom stereocenters. The highest BCUT2D eigenvalue weighted by Crippen LogP contribution is 2.38. The molecule has 3 fully saturated rings. The predicted molar refractivity (Wildman–Crippen MR) is 152 cm³/mol. The number of ether oxygens (including phenoxy) is 1. The molecule has 2 aromatic rings. The lowest BCUT2D eigenvalue weighted by molar-refractivity contribution is -0.115. The van der Waals surface area contributed by atoms with Gasteiger partial charge in [0.1, 0.15) is 18.2 Å². The first-order chi connectivity index (χ1) is 19.0. The number of allylic oxidation sites excluding steroid dienone is 2. The zero-order chi connectivity index (χ0) is 26.9. The van der Waals surface area contributed by atoms with Crippen LogP contribution in [0, 0.1) is 0 Å². The van der Waals surface area contributed by atoms with Crippen molar-refractivity contribution in [2.45, 2.75) is 57.7 Å². The molecule has 4 aliphatic rings. The van der Waals surface area contributed by atoms with E-state index in [0.717, 1.165) is 62.7 Å². The zero-order valence-corrected chi connectivity index (χ0v) is 22.7. The van der Waals surface area contributed by atoms with Crippen molar-refractivity contribution >= 4 is 40.8 Å². The first-order valence-corrected chi connectivity index (χ1v) is 14.1. The SMILES string of the molecule is CC(=O)/C(C=O)=C(\C)c1cnc(Nc2ccc3c(c2)OC[C@@H]2CN(C4CNC4)CCN32)nc1NC1CCCC1. The number of benzene rings is 1. The number of ketones is 1. The van der Waals surface area contributed by atoms with Gasteiger partial charge in [-0.3, -0.25) is 14.5 Å². The minimum absolute atomic E-state index is 0.143. The van der Waals surface area contributed by atoms with Crippen LogP contribution in [-0.2, 0) is 9.59 Å². The van der Waals surface area contributed by atoms with E-state index in [2.05, 4.69) is 36.8 Å². The van der Waals surface area contributed by atoms with E-state index in [0.29, 0.717) is 53.9 Å². The van der Waals surface area contributed by atoms with E-state index in [-0.39, 0.29) is 11.4 Å². The molecule has 6 rings (SSSR count). The first kappa shape index (κ1) is 25.8. The Morgan fingerprint density at radius 2 is 1.97 bits per heavy atom. The fourth-order valence-corrected chi connectivity index (χ4v) is 6.13. The molecular formula is C29H37N7O3. The summed E-state index contributed by atoms with van der Waals surface area (Å²) >= 11 is 0. The number of fused-ring (bicyclic) bond motifs is 3. The molecule has 1 aliphatic carbocycles. The van der Waals surface area contributed by atoms with Crippen LogP contribution >= 0.6 is 0 Å². The summed E-state index contributed by atoms with van der Waals surface area (Å²) in [4.78, 5) is 38.1. The number of hydrogen-bond acceptors (Lipinski definition) is 10. The second-order valence-electron chi connectivity index (χ2n) is 11.1. The van der Waals surface area contributed by atoms with Crippen molar-refractivity contribution < 1.29 is 14.3 Å². The Labute approximate surface area is 229 Å². The summed E-state index contributed by atoms with van der Waals surface area (Å²) in [5, 5.41) is 10.3. The van der Waals surface area contributed by atoms with Crippen molar-refractivity contribution in [1.29, 1.82) is 0 Å². The van der Waals surface area contributed by atoms with Gasteiger partial charge in [0.05, 0.1) is 17.3 Å². The van der Waals surface area contributed by atoms with Crippen molar-refractivity contribution in [3.05, 3.63) is 35.5 Å². The minimum atomic E-state index is -0.269. The maximum absolute atomic E-state index is 12.0. The van der Waals surface area contributed by atoms with Crippen LogP contribution in [0.1, 0.15) is 45.1 Å². The van der Waals surface area contributed by atoms with Gasteiger partial charge >= 0.3 is 0 Å². The van der Waals surface area contributed by atoms with E-state index in [4.69, 9.17) is 9.72 Å². The van der Waals surface area contributed by atoms with Crippen LogP contribution in [0.3, 0.4) is 0 Å². The van der Waals surface area contributed by atoms with Crippen LogP contribution in [0.15, 0.2) is 30.0 Å². The van der Waals surface area contributed by atoms with Gasteiger partial charge in [-0.05, 0) is 44.4 Å². The lowest BCUT2D eigenvalue weighted by Crippen LogP contribution is -2.65. The maximum atomic E-state index is 12.0. The van der Waals surface area contributed by atoms with E-state index in [1.165, 1.54) is 19.8 Å². The van der Waals surface area contributed by atoms with Gasteiger partial charge in [0.15, 0.2) is 12.1 Å². The third kappa shape index (κ3) is 5.23. The molecule has 1 aromatic heterocycles. The van der Waals surface area contributed by atoms with E-state index < -0.39 is 0 Å². The Morgan fingerprint density at radius 1 is 1.15 bits per heavy atom. The second-order valence-corrected chi connectivity index (χ2v) is 11.1. The van der Waals surface area contributed by atoms with Gasteiger partial charge in [0.2, 0.25) is 5.95 Å². The number of Topliss-reactive ketones (excluding diaryl/α,β-unsaturated/α-hetero) is 1. The van der Waals surface area contributed by atoms with E-state index >= 15 is 0 Å². The molecule has 3 aliphatic heterocycles. The van der Waals surface area contributed by atoms with Crippen molar-refractivity contribution in [2.24, 2.45) is 0 Å². The van der Waals surface area contributed by atoms with Gasteiger partial charge in [-0.25, -0.2) is 4.98 Å². The van der Waals surface area contributed by atoms with Crippen LogP contribution in [0.4, 0.5) is 23.1 Å². The predicted octanol–water partition coefficient (Wildman–Crippen LogP) is 2.99. The van der Waals surface area contributed by atoms with E-state index in [1.807, 2.05) is 12.1 Å². The van der Waals surface area contributed by atoms with Crippen LogP contribution in [-0.4, -0.2) is 84.4 Å². The molecule has 1 aromatic carbocycles. The van der Waals surface area contributed by atoms with Crippen LogP contribution in [0.25, 0.3) is 5.57 Å². The van der Waals surface area contributed by atoms with Crippen LogP contribution in [0.5, 0.6) is 5.75 Å². The number of carbonyl (C=O) groups is 2. The van der Waals surface area contributed by atoms with Crippen molar-refractivity contribution in [3.8, 4) is 5.75 Å². The number of carbonyl (C=O) groups excluding carboxylic acids is 2. The maximum Gasteiger partial charge on any atom is 0.229 e. The van der Waals surface area contributed by atoms with Crippen molar-refractivity contribution in [3.63, 3.8) is 0 Å². The smallest absolute Gasteiger partial charge is 0.229 e. The van der Waals surface area contributed by atoms with Gasteiger partial charge in [0, 0.05) is 68.3 Å². The van der Waals surface area contributed by atoms with Gasteiger partial charge in [0.25, 0.3) is 0 Å². The third-order valence-electron chi connectivity index (χ3n) is 8.54. The molecule has 4 heterocycles. The Hall–Kier alpha value is -3.50. The molecule has 3 N–H and O–H groups in total. The molecule has 0 radical (unpaired) electrons. The lowest BCUT2D eigenvalue weighted by atomic mass is 10.0. The molecule has 0 spiro atoms. The summed E-state index contributed by atoms with van der Waals surface area (Å²) in [6, 6.07) is 7.51. The molecule has 1 saturated carbocycles. The molecule has 39 heavy (non-hydrogen) atoms. The Bertz CT molecular complexity index is 1290. The fraction of sp³-hybridized carbons (Fsp3) is 0.517. The number of aldehydes is 1. The number of hydrogen-bond donors (Lipinski definition) is 3. The monoisotopic (exact) mass is 531 g/mol. The lowest BCUT2D eigenvalue weighted by Gasteiger charge is -2.49. The molecule has 10 heteroatoms.